The first-order valence-electron chi connectivity index (χ1n) is 8.55. The molecular weight excluding hydrogens is 333 g/mol. The summed E-state index contributed by atoms with van der Waals surface area (Å²) in [5, 5.41) is 6.95. The maximum absolute atomic E-state index is 12.2. The summed E-state index contributed by atoms with van der Waals surface area (Å²) in [7, 11) is 1.12. The SMILES string of the molecule is Cn1ncc(B2OC(C)(C)C(C)(C)O2)c1NC(=O)OCc1ccccc1. The number of benzene rings is 1. The number of hydrogen-bond donors (Lipinski definition) is 1. The van der Waals surface area contributed by atoms with Crippen LogP contribution in [0.25, 0.3) is 0 Å². The Hall–Kier alpha value is -2.32. The third kappa shape index (κ3) is 3.61. The molecule has 7 nitrogen and oxygen atoms in total. The van der Waals surface area contributed by atoms with Gasteiger partial charge in [-0.05, 0) is 33.3 Å². The normalized spacial score (nSPS) is 18.0. The van der Waals surface area contributed by atoms with Gasteiger partial charge in [0.05, 0.1) is 17.4 Å². The Morgan fingerprint density at radius 2 is 1.81 bits per heavy atom. The molecule has 8 heteroatoms. The third-order valence-corrected chi connectivity index (χ3v) is 4.91. The van der Waals surface area contributed by atoms with Gasteiger partial charge in [0.1, 0.15) is 12.4 Å². The topological polar surface area (TPSA) is 74.6 Å². The predicted octanol–water partition coefficient (Wildman–Crippen LogP) is 2.47. The van der Waals surface area contributed by atoms with Crippen LogP contribution < -0.4 is 10.8 Å². The summed E-state index contributed by atoms with van der Waals surface area (Å²) < 4.78 is 18.9. The molecule has 0 aliphatic carbocycles. The van der Waals surface area contributed by atoms with Gasteiger partial charge >= 0.3 is 13.2 Å². The number of carbonyl (C=O) groups excluding carboxylic acids is 1. The molecule has 1 aliphatic rings. The van der Waals surface area contributed by atoms with Crippen molar-refractivity contribution in [3.05, 3.63) is 42.1 Å². The van der Waals surface area contributed by atoms with Gasteiger partial charge in [0.2, 0.25) is 0 Å². The average Bonchev–Trinajstić information content (AvgIpc) is 3.03. The number of hydrogen-bond acceptors (Lipinski definition) is 5. The highest BCUT2D eigenvalue weighted by Gasteiger charge is 2.53. The van der Waals surface area contributed by atoms with Crippen LogP contribution in [0, 0.1) is 0 Å². The zero-order valence-electron chi connectivity index (χ0n) is 15.8. The Morgan fingerprint density at radius 3 is 2.42 bits per heavy atom. The first-order valence-corrected chi connectivity index (χ1v) is 8.55. The van der Waals surface area contributed by atoms with E-state index in [0.29, 0.717) is 11.3 Å². The molecule has 0 saturated carbocycles. The van der Waals surface area contributed by atoms with Gasteiger partial charge in [-0.25, -0.2) is 4.79 Å². The van der Waals surface area contributed by atoms with E-state index in [4.69, 9.17) is 14.0 Å². The fraction of sp³-hybridized carbons (Fsp3) is 0.444. The highest BCUT2D eigenvalue weighted by molar-refractivity contribution is 6.63. The van der Waals surface area contributed by atoms with E-state index in [1.54, 1.807) is 17.9 Å². The number of nitrogens with one attached hydrogen (secondary N) is 1. The molecule has 1 aromatic heterocycles. The van der Waals surface area contributed by atoms with E-state index in [1.165, 1.54) is 0 Å². The number of aromatic nitrogens is 2. The van der Waals surface area contributed by atoms with Crippen LogP contribution in [0.5, 0.6) is 0 Å². The minimum atomic E-state index is -0.613. The van der Waals surface area contributed by atoms with Crippen molar-refractivity contribution in [2.24, 2.45) is 7.05 Å². The minimum absolute atomic E-state index is 0.191. The highest BCUT2D eigenvalue weighted by atomic mass is 16.7. The molecule has 0 unspecified atom stereocenters. The van der Waals surface area contributed by atoms with Gasteiger partial charge in [0.15, 0.2) is 0 Å². The molecular formula is C18H24BN3O4. The van der Waals surface area contributed by atoms with E-state index in [-0.39, 0.29) is 6.61 Å². The molecule has 1 N–H and O–H groups in total. The third-order valence-electron chi connectivity index (χ3n) is 4.91. The molecule has 0 radical (unpaired) electrons. The average molecular weight is 357 g/mol. The van der Waals surface area contributed by atoms with Crippen LogP contribution in [0.2, 0.25) is 0 Å². The smallest absolute Gasteiger partial charge is 0.444 e. The van der Waals surface area contributed by atoms with Crippen molar-refractivity contribution < 1.29 is 18.8 Å². The molecule has 26 heavy (non-hydrogen) atoms. The van der Waals surface area contributed by atoms with Crippen molar-refractivity contribution in [2.75, 3.05) is 5.32 Å². The van der Waals surface area contributed by atoms with Crippen molar-refractivity contribution in [2.45, 2.75) is 45.5 Å². The lowest BCUT2D eigenvalue weighted by atomic mass is 9.80. The molecule has 1 amide bonds. The van der Waals surface area contributed by atoms with Gasteiger partial charge in [-0.15, -0.1) is 0 Å². The molecule has 0 bridgehead atoms. The summed E-state index contributed by atoms with van der Waals surface area (Å²) in [5.74, 6) is 0.488. The van der Waals surface area contributed by atoms with Gasteiger partial charge < -0.3 is 14.0 Å². The fourth-order valence-electron chi connectivity index (χ4n) is 2.61. The largest absolute Gasteiger partial charge is 0.500 e. The van der Waals surface area contributed by atoms with Crippen molar-refractivity contribution >= 4 is 24.5 Å². The molecule has 1 fully saturated rings. The molecule has 0 atom stereocenters. The van der Waals surface area contributed by atoms with Crippen LogP contribution in [0.1, 0.15) is 33.3 Å². The first kappa shape index (κ1) is 18.5. The molecule has 1 aliphatic heterocycles. The van der Waals surface area contributed by atoms with Crippen molar-refractivity contribution in [3.8, 4) is 0 Å². The Kier molecular flexibility index (Phi) is 4.81. The monoisotopic (exact) mass is 357 g/mol. The van der Waals surface area contributed by atoms with Gasteiger partial charge in [0, 0.05) is 12.5 Å². The highest BCUT2D eigenvalue weighted by Crippen LogP contribution is 2.36. The maximum Gasteiger partial charge on any atom is 0.500 e. The van der Waals surface area contributed by atoms with Crippen LogP contribution in [-0.4, -0.2) is 34.2 Å². The minimum Gasteiger partial charge on any atom is -0.444 e. The van der Waals surface area contributed by atoms with Gasteiger partial charge in [0.25, 0.3) is 0 Å². The summed E-state index contributed by atoms with van der Waals surface area (Å²) in [6.45, 7) is 8.10. The lowest BCUT2D eigenvalue weighted by Crippen LogP contribution is -2.41. The van der Waals surface area contributed by atoms with Gasteiger partial charge in [-0.1, -0.05) is 30.3 Å². The van der Waals surface area contributed by atoms with Crippen LogP contribution in [0.4, 0.5) is 10.6 Å². The number of ether oxygens (including phenoxy) is 1. The van der Waals surface area contributed by atoms with Gasteiger partial charge in [-0.3, -0.25) is 10.00 Å². The number of amides is 1. The number of nitrogens with zero attached hydrogens (tertiary/aromatic N) is 2. The van der Waals surface area contributed by atoms with Crippen LogP contribution in [0.3, 0.4) is 0 Å². The molecule has 0 spiro atoms. The zero-order valence-corrected chi connectivity index (χ0v) is 15.8. The number of carbonyl (C=O) groups is 1. The van der Waals surface area contributed by atoms with E-state index in [0.717, 1.165) is 5.56 Å². The second-order valence-electron chi connectivity index (χ2n) is 7.35. The molecule has 1 aromatic carbocycles. The predicted molar refractivity (Wildman–Crippen MR) is 99.2 cm³/mol. The Labute approximate surface area is 153 Å². The van der Waals surface area contributed by atoms with Crippen LogP contribution in [0.15, 0.2) is 36.5 Å². The lowest BCUT2D eigenvalue weighted by Gasteiger charge is -2.32. The zero-order chi connectivity index (χ0) is 18.9. The molecule has 1 saturated heterocycles. The van der Waals surface area contributed by atoms with Crippen LogP contribution >= 0.6 is 0 Å². The van der Waals surface area contributed by atoms with E-state index in [2.05, 4.69) is 10.4 Å². The second kappa shape index (κ2) is 6.77. The summed E-state index contributed by atoms with van der Waals surface area (Å²) in [5.41, 5.74) is 0.624. The molecule has 3 rings (SSSR count). The van der Waals surface area contributed by atoms with Crippen LogP contribution in [-0.2, 0) is 27.7 Å². The van der Waals surface area contributed by atoms with E-state index >= 15 is 0 Å². The number of anilines is 1. The van der Waals surface area contributed by atoms with E-state index < -0.39 is 24.4 Å². The maximum atomic E-state index is 12.2. The summed E-state index contributed by atoms with van der Waals surface area (Å²) in [6, 6.07) is 9.50. The Morgan fingerprint density at radius 1 is 1.19 bits per heavy atom. The lowest BCUT2D eigenvalue weighted by molar-refractivity contribution is 0.00578. The van der Waals surface area contributed by atoms with Crippen molar-refractivity contribution in [1.82, 2.24) is 9.78 Å². The summed E-state index contributed by atoms with van der Waals surface area (Å²) in [6.07, 6.45) is 1.07. The summed E-state index contributed by atoms with van der Waals surface area (Å²) >= 11 is 0. The molecule has 2 heterocycles. The second-order valence-corrected chi connectivity index (χ2v) is 7.35. The van der Waals surface area contributed by atoms with Crippen molar-refractivity contribution in [3.63, 3.8) is 0 Å². The summed E-state index contributed by atoms with van der Waals surface area (Å²) in [4.78, 5) is 12.2. The van der Waals surface area contributed by atoms with E-state index in [1.807, 2.05) is 58.0 Å². The Balaban J connectivity index is 1.70. The first-order chi connectivity index (χ1) is 12.2. The van der Waals surface area contributed by atoms with Gasteiger partial charge in [-0.2, -0.15) is 5.10 Å². The molecule has 2 aromatic rings. The fourth-order valence-corrected chi connectivity index (χ4v) is 2.61. The quantitative estimate of drug-likeness (QED) is 0.851. The number of aryl methyl sites for hydroxylation is 1. The standard InChI is InChI=1S/C18H24BN3O4/c1-17(2)18(3,4)26-19(25-17)14-11-20-22(5)15(14)21-16(23)24-12-13-9-7-6-8-10-13/h6-11H,12H2,1-5H3,(H,21,23). The number of rotatable bonds is 4. The van der Waals surface area contributed by atoms with E-state index in [9.17, 15) is 4.79 Å². The van der Waals surface area contributed by atoms with Crippen molar-refractivity contribution in [1.29, 1.82) is 0 Å². The molecule has 138 valence electrons. The Bertz CT molecular complexity index is 773.